The van der Waals surface area contributed by atoms with Crippen molar-refractivity contribution < 1.29 is 24.2 Å². The summed E-state index contributed by atoms with van der Waals surface area (Å²) >= 11 is 0. The summed E-state index contributed by atoms with van der Waals surface area (Å²) in [5.74, 6) is -2.10. The number of nitrogens with one attached hydrogen (secondary N) is 1. The van der Waals surface area contributed by atoms with Gasteiger partial charge in [-0.15, -0.1) is 0 Å². The van der Waals surface area contributed by atoms with Gasteiger partial charge in [0.15, 0.2) is 6.61 Å². The Labute approximate surface area is 86.6 Å². The van der Waals surface area contributed by atoms with Crippen LogP contribution in [0.1, 0.15) is 13.8 Å². The molecule has 0 aromatic carbocycles. The summed E-state index contributed by atoms with van der Waals surface area (Å²) in [6, 6.07) is -1.01. The molecule has 2 amide bonds. The second-order valence-corrected chi connectivity index (χ2v) is 3.24. The highest BCUT2D eigenvalue weighted by molar-refractivity contribution is 5.85. The molecule has 0 unspecified atom stereocenters. The van der Waals surface area contributed by atoms with Gasteiger partial charge >= 0.3 is 12.1 Å². The number of carboxylic acid groups (broad SMARTS) is 1. The van der Waals surface area contributed by atoms with Gasteiger partial charge < -0.3 is 20.9 Å². The van der Waals surface area contributed by atoms with Crippen molar-refractivity contribution in [2.24, 2.45) is 11.7 Å². The number of carbonyl (C=O) groups excluding carboxylic acids is 2. The normalized spacial score (nSPS) is 11.9. The number of amides is 2. The van der Waals surface area contributed by atoms with Gasteiger partial charge in [-0.05, 0) is 5.92 Å². The Hall–Kier alpha value is -1.79. The maximum Gasteiger partial charge on any atom is 0.405 e. The largest absolute Gasteiger partial charge is 0.480 e. The fourth-order valence-electron chi connectivity index (χ4n) is 0.865. The molecule has 0 aromatic heterocycles. The molecule has 1 atom stereocenters. The Morgan fingerprint density at radius 2 is 1.93 bits per heavy atom. The standard InChI is InChI=1S/C8H14N2O5/c1-4(2)6(7(12)13)10-5(11)3-15-8(9)14/h4,6H,3H2,1-2H3,(H2,9,14)(H,10,11)(H,12,13)/t6-/m1/s1. The Balaban J connectivity index is 4.12. The number of ether oxygens (including phenoxy) is 1. The minimum atomic E-state index is -1.14. The third-order valence-electron chi connectivity index (χ3n) is 1.59. The van der Waals surface area contributed by atoms with Gasteiger partial charge in [0.25, 0.3) is 5.91 Å². The molecule has 0 aliphatic carbocycles. The van der Waals surface area contributed by atoms with E-state index in [1.165, 1.54) is 0 Å². The monoisotopic (exact) mass is 218 g/mol. The number of rotatable bonds is 5. The molecule has 86 valence electrons. The zero-order chi connectivity index (χ0) is 12.0. The van der Waals surface area contributed by atoms with Crippen LogP contribution in [-0.4, -0.2) is 35.7 Å². The van der Waals surface area contributed by atoms with E-state index in [1.807, 2.05) is 0 Å². The van der Waals surface area contributed by atoms with Gasteiger partial charge in [-0.2, -0.15) is 0 Å². The highest BCUT2D eigenvalue weighted by Gasteiger charge is 2.23. The van der Waals surface area contributed by atoms with E-state index in [1.54, 1.807) is 13.8 Å². The minimum absolute atomic E-state index is 0.264. The predicted octanol–water partition coefficient (Wildman–Crippen LogP) is -0.693. The average molecular weight is 218 g/mol. The second-order valence-electron chi connectivity index (χ2n) is 3.24. The third-order valence-corrected chi connectivity index (χ3v) is 1.59. The number of hydrogen-bond acceptors (Lipinski definition) is 4. The van der Waals surface area contributed by atoms with Gasteiger partial charge in [0.05, 0.1) is 0 Å². The van der Waals surface area contributed by atoms with Crippen molar-refractivity contribution in [3.05, 3.63) is 0 Å². The summed E-state index contributed by atoms with van der Waals surface area (Å²) in [5.41, 5.74) is 4.63. The highest BCUT2D eigenvalue weighted by Crippen LogP contribution is 2.01. The van der Waals surface area contributed by atoms with Crippen molar-refractivity contribution in [3.8, 4) is 0 Å². The minimum Gasteiger partial charge on any atom is -0.480 e. The van der Waals surface area contributed by atoms with Crippen LogP contribution in [0.3, 0.4) is 0 Å². The quantitative estimate of drug-likeness (QED) is 0.564. The van der Waals surface area contributed by atoms with Crippen LogP contribution < -0.4 is 11.1 Å². The van der Waals surface area contributed by atoms with Gasteiger partial charge in [-0.25, -0.2) is 9.59 Å². The topological polar surface area (TPSA) is 119 Å². The Kier molecular flexibility index (Phi) is 5.14. The molecular weight excluding hydrogens is 204 g/mol. The first-order chi connectivity index (χ1) is 6.84. The number of aliphatic carboxylic acids is 1. The lowest BCUT2D eigenvalue weighted by Gasteiger charge is -2.17. The molecule has 0 aliphatic heterocycles. The van der Waals surface area contributed by atoms with E-state index in [0.29, 0.717) is 0 Å². The van der Waals surface area contributed by atoms with Gasteiger partial charge in [0.2, 0.25) is 0 Å². The summed E-state index contributed by atoms with van der Waals surface area (Å²) in [4.78, 5) is 31.9. The first-order valence-corrected chi connectivity index (χ1v) is 4.29. The lowest BCUT2D eigenvalue weighted by molar-refractivity contribution is -0.143. The van der Waals surface area contributed by atoms with Crippen LogP contribution in [0, 0.1) is 5.92 Å². The lowest BCUT2D eigenvalue weighted by atomic mass is 10.1. The first kappa shape index (κ1) is 13.2. The number of carbonyl (C=O) groups is 3. The zero-order valence-electron chi connectivity index (χ0n) is 8.52. The number of hydrogen-bond donors (Lipinski definition) is 3. The smallest absolute Gasteiger partial charge is 0.405 e. The summed E-state index contributed by atoms with van der Waals surface area (Å²) in [7, 11) is 0. The van der Waals surface area contributed by atoms with E-state index in [2.05, 4.69) is 15.8 Å². The predicted molar refractivity (Wildman–Crippen MR) is 49.9 cm³/mol. The van der Waals surface area contributed by atoms with E-state index < -0.39 is 30.6 Å². The van der Waals surface area contributed by atoms with Gasteiger partial charge in [0, 0.05) is 0 Å². The molecule has 0 fully saturated rings. The summed E-state index contributed by atoms with van der Waals surface area (Å²) in [6.07, 6.45) is -1.08. The van der Waals surface area contributed by atoms with Crippen molar-refractivity contribution in [3.63, 3.8) is 0 Å². The van der Waals surface area contributed by atoms with Crippen LogP contribution in [0.4, 0.5) is 4.79 Å². The van der Waals surface area contributed by atoms with Crippen LogP contribution in [0.5, 0.6) is 0 Å². The van der Waals surface area contributed by atoms with E-state index in [4.69, 9.17) is 5.11 Å². The van der Waals surface area contributed by atoms with Crippen LogP contribution in [0.2, 0.25) is 0 Å². The van der Waals surface area contributed by atoms with E-state index in [-0.39, 0.29) is 5.92 Å². The van der Waals surface area contributed by atoms with Crippen molar-refractivity contribution in [1.82, 2.24) is 5.32 Å². The van der Waals surface area contributed by atoms with E-state index >= 15 is 0 Å². The molecule has 0 aliphatic rings. The van der Waals surface area contributed by atoms with Crippen molar-refractivity contribution in [2.45, 2.75) is 19.9 Å². The maximum atomic E-state index is 11.1. The van der Waals surface area contributed by atoms with E-state index in [9.17, 15) is 14.4 Å². The Morgan fingerprint density at radius 1 is 1.40 bits per heavy atom. The number of nitrogens with two attached hydrogens (primary N) is 1. The number of carboxylic acids is 1. The molecule has 0 bridgehead atoms. The second kappa shape index (κ2) is 5.84. The van der Waals surface area contributed by atoms with Crippen LogP contribution in [-0.2, 0) is 14.3 Å². The Bertz CT molecular complexity index is 264. The molecule has 0 radical (unpaired) electrons. The maximum absolute atomic E-state index is 11.1. The van der Waals surface area contributed by atoms with Crippen LogP contribution in [0.25, 0.3) is 0 Å². The van der Waals surface area contributed by atoms with Gasteiger partial charge in [-0.3, -0.25) is 4.79 Å². The third kappa shape index (κ3) is 5.50. The summed E-state index contributed by atoms with van der Waals surface area (Å²) in [5, 5.41) is 10.9. The summed E-state index contributed by atoms with van der Waals surface area (Å²) < 4.78 is 4.20. The van der Waals surface area contributed by atoms with E-state index in [0.717, 1.165) is 0 Å². The van der Waals surface area contributed by atoms with Crippen LogP contribution in [0.15, 0.2) is 0 Å². The van der Waals surface area contributed by atoms with Gasteiger partial charge in [-0.1, -0.05) is 13.8 Å². The molecule has 15 heavy (non-hydrogen) atoms. The van der Waals surface area contributed by atoms with Crippen molar-refractivity contribution >= 4 is 18.0 Å². The average Bonchev–Trinajstić information content (AvgIpc) is 2.09. The first-order valence-electron chi connectivity index (χ1n) is 4.29. The SMILES string of the molecule is CC(C)[C@@H](NC(=O)COC(N)=O)C(=O)O. The molecule has 0 heterocycles. The fourth-order valence-corrected chi connectivity index (χ4v) is 0.865. The van der Waals surface area contributed by atoms with Gasteiger partial charge in [0.1, 0.15) is 6.04 Å². The zero-order valence-corrected chi connectivity index (χ0v) is 8.52. The molecule has 7 heteroatoms. The van der Waals surface area contributed by atoms with Crippen LogP contribution >= 0.6 is 0 Å². The molecule has 0 aromatic rings. The molecule has 0 spiro atoms. The van der Waals surface area contributed by atoms with Crippen molar-refractivity contribution in [1.29, 1.82) is 0 Å². The molecular formula is C8H14N2O5. The lowest BCUT2D eigenvalue weighted by Crippen LogP contribution is -2.46. The molecule has 0 saturated carbocycles. The molecule has 4 N–H and O–H groups in total. The summed E-state index contributed by atoms with van der Waals surface area (Å²) in [6.45, 7) is 2.72. The molecule has 7 nitrogen and oxygen atoms in total. The Morgan fingerprint density at radius 3 is 2.27 bits per heavy atom. The fraction of sp³-hybridized carbons (Fsp3) is 0.625. The number of primary amides is 1. The molecule has 0 rings (SSSR count). The van der Waals surface area contributed by atoms with Crippen molar-refractivity contribution in [2.75, 3.05) is 6.61 Å². The highest BCUT2D eigenvalue weighted by atomic mass is 16.5. The molecule has 0 saturated heterocycles.